The van der Waals surface area contributed by atoms with E-state index in [2.05, 4.69) is 5.32 Å². The fourth-order valence-electron chi connectivity index (χ4n) is 2.04. The number of carboxylic acids is 1. The smallest absolute Gasteiger partial charge is 0.307 e. The van der Waals surface area contributed by atoms with Crippen LogP contribution in [0.15, 0.2) is 0 Å². The van der Waals surface area contributed by atoms with E-state index in [0.29, 0.717) is 0 Å². The number of amides is 1. The van der Waals surface area contributed by atoms with Gasteiger partial charge in [0.25, 0.3) is 0 Å². The highest BCUT2D eigenvalue weighted by molar-refractivity contribution is 5.91. The van der Waals surface area contributed by atoms with Gasteiger partial charge in [-0.3, -0.25) is 9.59 Å². The zero-order chi connectivity index (χ0) is 12.0. The van der Waals surface area contributed by atoms with Crippen LogP contribution in [0.4, 0.5) is 0 Å². The summed E-state index contributed by atoms with van der Waals surface area (Å²) in [4.78, 5) is 22.7. The molecule has 1 aliphatic carbocycles. The third-order valence-electron chi connectivity index (χ3n) is 2.87. The molecule has 1 aliphatic rings. The average molecular weight is 213 g/mol. The summed E-state index contributed by atoms with van der Waals surface area (Å²) in [5.74, 6) is -1.97. The lowest BCUT2D eigenvalue weighted by atomic mass is 10.1. The molecule has 1 rings (SSSR count). The van der Waals surface area contributed by atoms with Gasteiger partial charge in [0.05, 0.1) is 11.8 Å². The molecule has 4 nitrogen and oxygen atoms in total. The molecule has 0 aliphatic heterocycles. The zero-order valence-corrected chi connectivity index (χ0v) is 9.92. The van der Waals surface area contributed by atoms with Crippen molar-refractivity contribution in [2.45, 2.75) is 40.2 Å². The Morgan fingerprint density at radius 1 is 1.20 bits per heavy atom. The van der Waals surface area contributed by atoms with Crippen molar-refractivity contribution < 1.29 is 14.7 Å². The van der Waals surface area contributed by atoms with Crippen LogP contribution in [0.2, 0.25) is 0 Å². The normalized spacial score (nSPS) is 28.3. The van der Waals surface area contributed by atoms with Crippen molar-refractivity contribution in [2.75, 3.05) is 0 Å². The minimum Gasteiger partial charge on any atom is -0.481 e. The molecule has 1 amide bonds. The van der Waals surface area contributed by atoms with Crippen LogP contribution >= 0.6 is 0 Å². The second kappa shape index (κ2) is 3.22. The fourth-order valence-corrected chi connectivity index (χ4v) is 2.04. The molecular formula is C11H19NO3. The quantitative estimate of drug-likeness (QED) is 0.725. The predicted octanol–water partition coefficient (Wildman–Crippen LogP) is 1.26. The number of aliphatic carboxylic acids is 1. The lowest BCUT2D eigenvalue weighted by Crippen LogP contribution is -2.42. The number of rotatable bonds is 2. The van der Waals surface area contributed by atoms with Crippen molar-refractivity contribution in [3.63, 3.8) is 0 Å². The Labute approximate surface area is 90.0 Å². The average Bonchev–Trinajstić information content (AvgIpc) is 2.49. The van der Waals surface area contributed by atoms with Gasteiger partial charge in [0.2, 0.25) is 5.91 Å². The van der Waals surface area contributed by atoms with E-state index in [4.69, 9.17) is 5.11 Å². The maximum Gasteiger partial charge on any atom is 0.307 e. The highest BCUT2D eigenvalue weighted by atomic mass is 16.4. The van der Waals surface area contributed by atoms with Crippen LogP contribution in [0.1, 0.15) is 34.6 Å². The molecule has 0 saturated heterocycles. The van der Waals surface area contributed by atoms with Crippen molar-refractivity contribution >= 4 is 11.9 Å². The van der Waals surface area contributed by atoms with Crippen LogP contribution in [-0.2, 0) is 9.59 Å². The Balaban J connectivity index is 2.69. The first-order chi connectivity index (χ1) is 6.57. The molecule has 0 aromatic heterocycles. The van der Waals surface area contributed by atoms with Gasteiger partial charge >= 0.3 is 5.97 Å². The molecule has 2 N–H and O–H groups in total. The monoisotopic (exact) mass is 213 g/mol. The lowest BCUT2D eigenvalue weighted by Gasteiger charge is -2.20. The summed E-state index contributed by atoms with van der Waals surface area (Å²) >= 11 is 0. The van der Waals surface area contributed by atoms with E-state index in [1.54, 1.807) is 0 Å². The van der Waals surface area contributed by atoms with E-state index < -0.39 is 23.2 Å². The summed E-state index contributed by atoms with van der Waals surface area (Å²) in [6.07, 6.45) is 0. The van der Waals surface area contributed by atoms with Gasteiger partial charge in [-0.15, -0.1) is 0 Å². The predicted molar refractivity (Wildman–Crippen MR) is 56.3 cm³/mol. The van der Waals surface area contributed by atoms with Crippen LogP contribution in [0.25, 0.3) is 0 Å². The van der Waals surface area contributed by atoms with Gasteiger partial charge < -0.3 is 10.4 Å². The molecule has 0 unspecified atom stereocenters. The molecule has 2 atom stereocenters. The van der Waals surface area contributed by atoms with Crippen molar-refractivity contribution in [3.8, 4) is 0 Å². The van der Waals surface area contributed by atoms with Crippen LogP contribution in [0, 0.1) is 17.3 Å². The summed E-state index contributed by atoms with van der Waals surface area (Å²) in [6.45, 7) is 9.29. The maximum absolute atomic E-state index is 11.8. The summed E-state index contributed by atoms with van der Waals surface area (Å²) < 4.78 is 0. The fraction of sp³-hybridized carbons (Fsp3) is 0.818. The second-order valence-corrected chi connectivity index (χ2v) is 5.85. The highest BCUT2D eigenvalue weighted by Gasteiger charge is 2.66. The molecular weight excluding hydrogens is 194 g/mol. The molecule has 1 fully saturated rings. The number of carboxylic acid groups (broad SMARTS) is 1. The van der Waals surface area contributed by atoms with E-state index in [1.807, 2.05) is 34.6 Å². The molecule has 0 aromatic carbocycles. The van der Waals surface area contributed by atoms with Crippen LogP contribution in [0.5, 0.6) is 0 Å². The molecule has 0 heterocycles. The zero-order valence-electron chi connectivity index (χ0n) is 9.92. The van der Waals surface area contributed by atoms with Crippen LogP contribution < -0.4 is 5.32 Å². The summed E-state index contributed by atoms with van der Waals surface area (Å²) in [5.41, 5.74) is -0.722. The van der Waals surface area contributed by atoms with Crippen LogP contribution in [-0.4, -0.2) is 22.5 Å². The molecule has 0 spiro atoms. The molecule has 15 heavy (non-hydrogen) atoms. The number of hydrogen-bond donors (Lipinski definition) is 2. The van der Waals surface area contributed by atoms with Gasteiger partial charge in [-0.25, -0.2) is 0 Å². The summed E-state index contributed by atoms with van der Waals surface area (Å²) in [5, 5.41) is 11.7. The third kappa shape index (κ3) is 2.30. The van der Waals surface area contributed by atoms with Crippen molar-refractivity contribution in [3.05, 3.63) is 0 Å². The Morgan fingerprint density at radius 2 is 1.67 bits per heavy atom. The largest absolute Gasteiger partial charge is 0.481 e. The first-order valence-corrected chi connectivity index (χ1v) is 5.12. The highest BCUT2D eigenvalue weighted by Crippen LogP contribution is 2.58. The molecule has 86 valence electrons. The number of carbonyl (C=O) groups excluding carboxylic acids is 1. The molecule has 0 aromatic rings. The Hall–Kier alpha value is -1.06. The van der Waals surface area contributed by atoms with E-state index in [-0.39, 0.29) is 11.4 Å². The first-order valence-electron chi connectivity index (χ1n) is 5.12. The SMILES string of the molecule is CC(C)(C)NC(=O)[C@H]1[C@@H](C(=O)O)C1(C)C. The molecule has 1 saturated carbocycles. The topological polar surface area (TPSA) is 66.4 Å². The van der Waals surface area contributed by atoms with Gasteiger partial charge in [-0.05, 0) is 26.2 Å². The number of nitrogens with one attached hydrogen (secondary N) is 1. The molecule has 0 radical (unpaired) electrons. The van der Waals surface area contributed by atoms with Crippen molar-refractivity contribution in [2.24, 2.45) is 17.3 Å². The summed E-state index contributed by atoms with van der Waals surface area (Å²) in [6, 6.07) is 0. The standard InChI is InChI=1S/C11H19NO3/c1-10(2,3)12-8(13)6-7(9(14)15)11(6,4)5/h6-7H,1-5H3,(H,12,13)(H,14,15)/t6-,7+/m1/s1. The first kappa shape index (κ1) is 12.0. The minimum atomic E-state index is -0.881. The second-order valence-electron chi connectivity index (χ2n) is 5.85. The molecule has 4 heteroatoms. The van der Waals surface area contributed by atoms with Gasteiger partial charge in [-0.2, -0.15) is 0 Å². The van der Waals surface area contributed by atoms with E-state index >= 15 is 0 Å². The van der Waals surface area contributed by atoms with Gasteiger partial charge in [0, 0.05) is 5.54 Å². The van der Waals surface area contributed by atoms with Crippen molar-refractivity contribution in [1.82, 2.24) is 5.32 Å². The maximum atomic E-state index is 11.8. The van der Waals surface area contributed by atoms with Crippen molar-refractivity contribution in [1.29, 1.82) is 0 Å². The Bertz CT molecular complexity index is 301. The summed E-state index contributed by atoms with van der Waals surface area (Å²) in [7, 11) is 0. The van der Waals surface area contributed by atoms with E-state index in [9.17, 15) is 9.59 Å². The Kier molecular flexibility index (Phi) is 2.58. The Morgan fingerprint density at radius 3 is 1.93 bits per heavy atom. The van der Waals surface area contributed by atoms with Crippen LogP contribution in [0.3, 0.4) is 0 Å². The lowest BCUT2D eigenvalue weighted by molar-refractivity contribution is -0.140. The number of carbonyl (C=O) groups is 2. The van der Waals surface area contributed by atoms with Gasteiger partial charge in [0.1, 0.15) is 0 Å². The van der Waals surface area contributed by atoms with E-state index in [0.717, 1.165) is 0 Å². The minimum absolute atomic E-state index is 0.153. The molecule has 0 bridgehead atoms. The van der Waals surface area contributed by atoms with Gasteiger partial charge in [0.15, 0.2) is 0 Å². The third-order valence-corrected chi connectivity index (χ3v) is 2.87. The van der Waals surface area contributed by atoms with Gasteiger partial charge in [-0.1, -0.05) is 13.8 Å². The number of hydrogen-bond acceptors (Lipinski definition) is 2. The van der Waals surface area contributed by atoms with E-state index in [1.165, 1.54) is 0 Å².